The van der Waals surface area contributed by atoms with E-state index in [4.69, 9.17) is 74.6 Å². The van der Waals surface area contributed by atoms with Gasteiger partial charge >= 0.3 is 13.6 Å². The van der Waals surface area contributed by atoms with Crippen molar-refractivity contribution in [3.63, 3.8) is 0 Å². The molecule has 19 nitrogen and oxygen atoms in total. The number of benzene rings is 4. The lowest BCUT2D eigenvalue weighted by Crippen LogP contribution is -2.69. The molecule has 111 heavy (non-hydrogen) atoms. The number of carbonyl (C=O) groups excluding carboxylic acids is 2. The van der Waals surface area contributed by atoms with Crippen molar-refractivity contribution in [1.82, 2.24) is 9.97 Å². The van der Waals surface area contributed by atoms with Crippen LogP contribution < -0.4 is 20.7 Å². The predicted octanol–water partition coefficient (Wildman–Crippen LogP) is 16.7. The lowest BCUT2D eigenvalue weighted by atomic mass is 9.79. The van der Waals surface area contributed by atoms with Gasteiger partial charge in [-0.2, -0.15) is 0 Å². The lowest BCUT2D eigenvalue weighted by molar-refractivity contribution is -0.297. The number of halogens is 1. The summed E-state index contributed by atoms with van der Waals surface area (Å²) in [5.41, 5.74) is 3.96. The summed E-state index contributed by atoms with van der Waals surface area (Å²) in [6, 6.07) is 42.5. The number of hydrogen-bond donors (Lipinski definition) is 0. The van der Waals surface area contributed by atoms with Crippen LogP contribution in [0.3, 0.4) is 0 Å². The van der Waals surface area contributed by atoms with Gasteiger partial charge in [0, 0.05) is 79.5 Å². The second kappa shape index (κ2) is 39.3. The highest BCUT2D eigenvalue weighted by Gasteiger charge is 2.56. The molecule has 0 unspecified atom stereocenters. The highest BCUT2D eigenvalue weighted by Crippen LogP contribution is 2.48. The minimum absolute atomic E-state index is 0.125. The Morgan fingerprint density at radius 2 is 1.34 bits per heavy atom. The predicted molar refractivity (Wildman–Crippen MR) is 443 cm³/mol. The molecule has 15 atom stereocenters. The first-order valence-electron chi connectivity index (χ1n) is 38.8. The molecule has 0 radical (unpaired) electrons. The number of aromatic nitrogens is 2. The third kappa shape index (κ3) is 21.6. The fourth-order valence-electron chi connectivity index (χ4n) is 16.7. The molecule has 23 heteroatoms. The standard InChI is InChI=1S/C88H116BrN2O17PSi2/c1-60(42-43-66(95-12)31-30-45-89)49-80(108-111(87(9,10)11,74-36-25-19-26-37-74)75-38-27-20-28-39-75)79-54-71(96-13)55-88(97-14,106-79)56-82-90-65(57-100-82)50-62(3)84-64(5)85(105-83(93)59-109(94,98-15)99-16)63(4)77(104-84)40-29-41-81-91-76(58-101-81)78-53-70(52-69(103-78)51-68-48-61(2)47-67(102-68)44-46-92)107-110(86(6,7)8,72-32-21-17-22-33-72)73-34-23-18-24-35-73/h17-30,32-39,41-43,45-46,49-50,57-58,63-64,66-71,77-80,84-85H,2,31,40,44,47-48,51-56,59H2,1,3-16H3/b41-29+,43-42+,45-30+,60-49+,62-50+/t63-,64+,66+,67-,68+,69+,70+,71+,77+,78+,79+,80+,84-,85-,88-/m0/s1. The first-order chi connectivity index (χ1) is 53.1. The van der Waals surface area contributed by atoms with Crippen molar-refractivity contribution in [1.29, 1.82) is 0 Å². The zero-order valence-corrected chi connectivity index (χ0v) is 71.8. The van der Waals surface area contributed by atoms with Crippen LogP contribution in [0.5, 0.6) is 0 Å². The number of rotatable bonds is 34. The van der Waals surface area contributed by atoms with Crippen LogP contribution in [0.15, 0.2) is 201 Å². The Morgan fingerprint density at radius 3 is 1.91 bits per heavy atom. The summed E-state index contributed by atoms with van der Waals surface area (Å²) in [4.78, 5) is 37.6. The van der Waals surface area contributed by atoms with Crippen molar-refractivity contribution in [3.05, 3.63) is 216 Å². The van der Waals surface area contributed by atoms with Gasteiger partial charge in [0.15, 0.2) is 11.7 Å². The molecular weight excluding hydrogens is 1520 g/mol. The van der Waals surface area contributed by atoms with E-state index in [-0.39, 0.29) is 59.0 Å². The van der Waals surface area contributed by atoms with Crippen LogP contribution in [-0.2, 0) is 76.4 Å². The topological polar surface area (TPSA) is 214 Å². The second-order valence-electron chi connectivity index (χ2n) is 32.1. The molecule has 4 aliphatic heterocycles. The number of hydrogen-bond acceptors (Lipinski definition) is 19. The average Bonchev–Trinajstić information content (AvgIpc) is 0.980. The van der Waals surface area contributed by atoms with Crippen molar-refractivity contribution < 1.29 is 78.8 Å². The summed E-state index contributed by atoms with van der Waals surface area (Å²) in [7, 11) is -2.47. The van der Waals surface area contributed by atoms with Gasteiger partial charge in [-0.25, -0.2) is 9.97 Å². The molecule has 4 saturated heterocycles. The number of carbonyl (C=O) groups is 2. The molecule has 0 amide bonds. The zero-order valence-electron chi connectivity index (χ0n) is 67.3. The van der Waals surface area contributed by atoms with Crippen LogP contribution >= 0.6 is 23.5 Å². The molecule has 2 aromatic heterocycles. The van der Waals surface area contributed by atoms with E-state index in [0.29, 0.717) is 87.4 Å². The SMILES string of the molecule is C=C1C[C@H](C[C@@H]2C[C@@H](O[Si](c3ccccc3)(c3ccccc3)C(C)(C)C)C[C@H](c3coc(/C=C/C[C@H]4O[C@@H](/C(C)=C/c5coc(C[C@]6(OC)C[C@H](OC)C[C@H]([C@@H](/C=C(C)/C=C/[C@@H](C/C=C/Br)OC)O[Si](c7ccccc7)(c7ccccc7)C(C)(C)C)O6)n5)[C@@H](C)[C@@H](OC(=O)CP(=O)(OC)OC)[C@H]4C)n3)O2)O[C@@H](CC=O)C1. The van der Waals surface area contributed by atoms with Crippen molar-refractivity contribution in [2.75, 3.05) is 41.7 Å². The fourth-order valence-corrected chi connectivity index (χ4v) is 27.1. The van der Waals surface area contributed by atoms with Crippen LogP contribution in [0.4, 0.5) is 0 Å². The van der Waals surface area contributed by atoms with Gasteiger partial charge in [-0.05, 0) is 99.5 Å². The maximum absolute atomic E-state index is 13.9. The van der Waals surface area contributed by atoms with Gasteiger partial charge < -0.3 is 69.4 Å². The molecule has 0 spiro atoms. The van der Waals surface area contributed by atoms with Crippen LogP contribution in [-0.4, -0.2) is 153 Å². The first kappa shape index (κ1) is 87.0. The monoisotopic (exact) mass is 1640 g/mol. The molecule has 10 rings (SSSR count). The van der Waals surface area contributed by atoms with Gasteiger partial charge in [0.05, 0.1) is 67.5 Å². The Hall–Kier alpha value is -6.42. The third-order valence-corrected chi connectivity index (χ3v) is 34.5. The van der Waals surface area contributed by atoms with E-state index in [2.05, 4.69) is 186 Å². The average molecular weight is 1640 g/mol. The molecule has 0 saturated carbocycles. The summed E-state index contributed by atoms with van der Waals surface area (Å²) < 4.78 is 105. The number of methoxy groups -OCH3 is 3. The minimum atomic E-state index is -3.79. The van der Waals surface area contributed by atoms with E-state index in [1.54, 1.807) is 33.9 Å². The van der Waals surface area contributed by atoms with Crippen LogP contribution in [0.2, 0.25) is 10.1 Å². The molecular formula is C88H116BrN2O17PSi2. The van der Waals surface area contributed by atoms with E-state index in [0.717, 1.165) is 33.4 Å². The minimum Gasteiger partial charge on any atom is -0.461 e. The Kier molecular flexibility index (Phi) is 30.8. The molecule has 4 aromatic carbocycles. The van der Waals surface area contributed by atoms with Gasteiger partial charge in [-0.1, -0.05) is 241 Å². The Morgan fingerprint density at radius 1 is 0.730 bits per heavy atom. The normalized spacial score (nSPS) is 26.2. The van der Waals surface area contributed by atoms with Crippen molar-refractivity contribution >= 4 is 85.3 Å². The van der Waals surface area contributed by atoms with Gasteiger partial charge in [0.25, 0.3) is 16.6 Å². The van der Waals surface area contributed by atoms with E-state index >= 15 is 0 Å². The van der Waals surface area contributed by atoms with Crippen LogP contribution in [0.1, 0.15) is 163 Å². The first-order valence-corrected chi connectivity index (χ1v) is 45.3. The van der Waals surface area contributed by atoms with Gasteiger partial charge in [-0.3, -0.25) is 9.36 Å². The smallest absolute Gasteiger partial charge is 0.341 e. The van der Waals surface area contributed by atoms with E-state index in [1.165, 1.54) is 24.6 Å². The quantitative estimate of drug-likeness (QED) is 0.00917. The maximum Gasteiger partial charge on any atom is 0.341 e. The summed E-state index contributed by atoms with van der Waals surface area (Å²) in [5.74, 6) is -2.04. The van der Waals surface area contributed by atoms with Crippen molar-refractivity contribution in [3.8, 4) is 0 Å². The molecule has 6 aromatic rings. The molecule has 600 valence electrons. The van der Waals surface area contributed by atoms with Gasteiger partial charge in [0.1, 0.15) is 48.6 Å². The van der Waals surface area contributed by atoms with E-state index in [1.807, 2.05) is 74.3 Å². The summed E-state index contributed by atoms with van der Waals surface area (Å²) in [6.45, 7) is 26.0. The summed E-state index contributed by atoms with van der Waals surface area (Å²) >= 11 is 3.41. The summed E-state index contributed by atoms with van der Waals surface area (Å²) in [6.07, 6.45) is 18.1. The van der Waals surface area contributed by atoms with Crippen LogP contribution in [0.25, 0.3) is 12.2 Å². The highest BCUT2D eigenvalue weighted by molar-refractivity contribution is 9.11. The second-order valence-corrected chi connectivity index (χ2v) is 43.4. The van der Waals surface area contributed by atoms with Gasteiger partial charge in [0.2, 0.25) is 5.89 Å². The molecule has 0 N–H and O–H groups in total. The highest BCUT2D eigenvalue weighted by atomic mass is 79.9. The number of esters is 1. The zero-order chi connectivity index (χ0) is 79.7. The number of nitrogens with zero attached hydrogens (tertiary/aromatic N) is 2. The van der Waals surface area contributed by atoms with E-state index < -0.39 is 84.7 Å². The molecule has 0 aliphatic carbocycles. The number of oxazole rings is 2. The maximum atomic E-state index is 13.9. The van der Waals surface area contributed by atoms with Crippen LogP contribution in [0, 0.1) is 11.8 Å². The largest absolute Gasteiger partial charge is 0.461 e. The molecule has 4 fully saturated rings. The number of ether oxygens (including phenoxy) is 8. The third-order valence-electron chi connectivity index (χ3n) is 22.3. The molecule has 6 heterocycles. The van der Waals surface area contributed by atoms with E-state index in [9.17, 15) is 14.2 Å². The van der Waals surface area contributed by atoms with Crippen molar-refractivity contribution in [2.45, 2.75) is 229 Å². The fraction of sp³-hybridized carbons (Fsp3) is 0.500. The number of aldehydes is 1. The molecule has 0 bridgehead atoms. The number of allylic oxidation sites excluding steroid dienone is 2. The summed E-state index contributed by atoms with van der Waals surface area (Å²) in [5, 5.41) is 3.98. The Labute approximate surface area is 668 Å². The Balaban J connectivity index is 0.915. The Bertz CT molecular complexity index is 4090. The van der Waals surface area contributed by atoms with Crippen molar-refractivity contribution in [2.24, 2.45) is 11.8 Å². The van der Waals surface area contributed by atoms with Gasteiger partial charge in [-0.15, -0.1) is 0 Å². The lowest BCUT2D eigenvalue weighted by Gasteiger charge is -2.49. The molecule has 4 aliphatic rings.